The average molecular weight is 318 g/mol. The number of benzene rings is 1. The monoisotopic (exact) mass is 317 g/mol. The van der Waals surface area contributed by atoms with Crippen LogP contribution in [0, 0.1) is 6.92 Å². The van der Waals surface area contributed by atoms with E-state index in [2.05, 4.69) is 15.5 Å². The van der Waals surface area contributed by atoms with Gasteiger partial charge in [-0.25, -0.2) is 4.98 Å². The summed E-state index contributed by atoms with van der Waals surface area (Å²) >= 11 is 7.59. The van der Waals surface area contributed by atoms with Gasteiger partial charge in [-0.3, -0.25) is 5.43 Å². The quantitative estimate of drug-likeness (QED) is 0.555. The van der Waals surface area contributed by atoms with Gasteiger partial charge >= 0.3 is 0 Å². The number of hydrogen-bond donors (Lipinski definition) is 1. The number of aryl methyl sites for hydroxylation is 1. The molecular formula is C15H12ClN3OS. The molecule has 4 nitrogen and oxygen atoms in total. The van der Waals surface area contributed by atoms with E-state index in [1.807, 2.05) is 37.3 Å². The van der Waals surface area contributed by atoms with Crippen molar-refractivity contribution in [2.24, 2.45) is 5.10 Å². The van der Waals surface area contributed by atoms with Crippen molar-refractivity contribution in [2.75, 3.05) is 5.43 Å². The van der Waals surface area contributed by atoms with Gasteiger partial charge in [0, 0.05) is 5.56 Å². The molecule has 0 amide bonds. The number of halogens is 1. The lowest BCUT2D eigenvalue weighted by Gasteiger charge is -1.98. The van der Waals surface area contributed by atoms with E-state index in [9.17, 15) is 0 Å². The van der Waals surface area contributed by atoms with Gasteiger partial charge in [-0.1, -0.05) is 52.8 Å². The molecule has 1 N–H and O–H groups in total. The van der Waals surface area contributed by atoms with Gasteiger partial charge < -0.3 is 4.42 Å². The van der Waals surface area contributed by atoms with Crippen molar-refractivity contribution < 1.29 is 4.42 Å². The Hall–Kier alpha value is -2.11. The molecule has 1 aromatic carbocycles. The molecule has 2 aromatic heterocycles. The first-order valence-electron chi connectivity index (χ1n) is 6.28. The number of hydrazone groups is 1. The van der Waals surface area contributed by atoms with Crippen molar-refractivity contribution in [3.63, 3.8) is 0 Å². The lowest BCUT2D eigenvalue weighted by Crippen LogP contribution is -1.89. The largest absolute Gasteiger partial charge is 0.463 e. The fraction of sp³-hybridized carbons (Fsp3) is 0.0667. The van der Waals surface area contributed by atoms with Crippen LogP contribution in [0.3, 0.4) is 0 Å². The third-order valence-electron chi connectivity index (χ3n) is 2.81. The van der Waals surface area contributed by atoms with Crippen LogP contribution < -0.4 is 5.43 Å². The first-order valence-corrected chi connectivity index (χ1v) is 7.48. The molecule has 21 heavy (non-hydrogen) atoms. The summed E-state index contributed by atoms with van der Waals surface area (Å²) in [6.45, 7) is 2.04. The number of thiazole rings is 1. The Morgan fingerprint density at radius 3 is 2.81 bits per heavy atom. The second-order valence-electron chi connectivity index (χ2n) is 4.39. The van der Waals surface area contributed by atoms with E-state index in [1.165, 1.54) is 16.9 Å². The SMILES string of the molecule is Cc1ccc(-c2nc(N/N=C/c3ccco3)sc2Cl)cc1. The molecule has 0 radical (unpaired) electrons. The van der Waals surface area contributed by atoms with Crippen LogP contribution in [-0.4, -0.2) is 11.2 Å². The van der Waals surface area contributed by atoms with E-state index in [4.69, 9.17) is 16.0 Å². The summed E-state index contributed by atoms with van der Waals surface area (Å²) in [6, 6.07) is 11.7. The number of nitrogens with one attached hydrogen (secondary N) is 1. The third-order valence-corrected chi connectivity index (χ3v) is 3.96. The summed E-state index contributed by atoms with van der Waals surface area (Å²) in [4.78, 5) is 4.46. The molecule has 0 aliphatic rings. The number of furan rings is 1. The van der Waals surface area contributed by atoms with Gasteiger partial charge in [-0.05, 0) is 19.1 Å². The zero-order chi connectivity index (χ0) is 14.7. The lowest BCUT2D eigenvalue weighted by atomic mass is 10.1. The molecule has 0 aliphatic heterocycles. The first kappa shape index (κ1) is 13.9. The van der Waals surface area contributed by atoms with Crippen LogP contribution in [0.5, 0.6) is 0 Å². The maximum Gasteiger partial charge on any atom is 0.205 e. The maximum atomic E-state index is 6.24. The summed E-state index contributed by atoms with van der Waals surface area (Å²) < 4.78 is 5.78. The molecule has 2 heterocycles. The normalized spacial score (nSPS) is 11.1. The number of hydrogen-bond acceptors (Lipinski definition) is 5. The minimum Gasteiger partial charge on any atom is -0.463 e. The van der Waals surface area contributed by atoms with Gasteiger partial charge in [0.25, 0.3) is 0 Å². The Morgan fingerprint density at radius 1 is 1.29 bits per heavy atom. The van der Waals surface area contributed by atoms with E-state index < -0.39 is 0 Å². The second kappa shape index (κ2) is 6.11. The number of aromatic nitrogens is 1. The Bertz CT molecular complexity index is 748. The zero-order valence-electron chi connectivity index (χ0n) is 11.2. The zero-order valence-corrected chi connectivity index (χ0v) is 12.8. The molecule has 0 fully saturated rings. The van der Waals surface area contributed by atoms with Crippen LogP contribution >= 0.6 is 22.9 Å². The van der Waals surface area contributed by atoms with Gasteiger partial charge in [0.1, 0.15) is 15.8 Å². The predicted octanol–water partition coefficient (Wildman–Crippen LogP) is 4.81. The minimum atomic E-state index is 0.634. The Balaban J connectivity index is 1.76. The number of nitrogens with zero attached hydrogens (tertiary/aromatic N) is 2. The van der Waals surface area contributed by atoms with E-state index in [0.717, 1.165) is 11.3 Å². The van der Waals surface area contributed by atoms with Crippen molar-refractivity contribution in [3.05, 3.63) is 58.3 Å². The Morgan fingerprint density at radius 2 is 2.10 bits per heavy atom. The van der Waals surface area contributed by atoms with Gasteiger partial charge in [0.2, 0.25) is 5.13 Å². The minimum absolute atomic E-state index is 0.634. The molecule has 3 rings (SSSR count). The predicted molar refractivity (Wildman–Crippen MR) is 87.2 cm³/mol. The van der Waals surface area contributed by atoms with E-state index in [-0.39, 0.29) is 0 Å². The van der Waals surface area contributed by atoms with E-state index in [0.29, 0.717) is 15.2 Å². The number of anilines is 1. The molecule has 106 valence electrons. The van der Waals surface area contributed by atoms with Crippen molar-refractivity contribution in [1.29, 1.82) is 0 Å². The van der Waals surface area contributed by atoms with Gasteiger partial charge in [0.05, 0.1) is 12.5 Å². The van der Waals surface area contributed by atoms with E-state index >= 15 is 0 Å². The van der Waals surface area contributed by atoms with Crippen LogP contribution in [0.25, 0.3) is 11.3 Å². The summed E-state index contributed by atoms with van der Waals surface area (Å²) in [7, 11) is 0. The summed E-state index contributed by atoms with van der Waals surface area (Å²) in [5, 5.41) is 4.70. The van der Waals surface area contributed by atoms with Crippen LogP contribution in [-0.2, 0) is 0 Å². The summed E-state index contributed by atoms with van der Waals surface area (Å²) in [6.07, 6.45) is 3.18. The van der Waals surface area contributed by atoms with Gasteiger partial charge in [0.15, 0.2) is 0 Å². The highest BCUT2D eigenvalue weighted by molar-refractivity contribution is 7.20. The topological polar surface area (TPSA) is 50.4 Å². The molecule has 0 saturated heterocycles. The number of rotatable bonds is 4. The molecule has 3 aromatic rings. The van der Waals surface area contributed by atoms with E-state index in [1.54, 1.807) is 18.5 Å². The molecule has 6 heteroatoms. The third kappa shape index (κ3) is 3.32. The summed E-state index contributed by atoms with van der Waals surface area (Å²) in [5.41, 5.74) is 5.81. The molecule has 0 saturated carbocycles. The summed E-state index contributed by atoms with van der Waals surface area (Å²) in [5.74, 6) is 0.670. The highest BCUT2D eigenvalue weighted by Gasteiger charge is 2.10. The first-order chi connectivity index (χ1) is 10.2. The van der Waals surface area contributed by atoms with Crippen LogP contribution in [0.2, 0.25) is 4.34 Å². The second-order valence-corrected chi connectivity index (χ2v) is 5.99. The standard InChI is InChI=1S/C15H12ClN3OS/c1-10-4-6-11(7-5-10)13-14(16)21-15(18-13)19-17-9-12-3-2-8-20-12/h2-9H,1H3,(H,18,19)/b17-9+. The van der Waals surface area contributed by atoms with Crippen molar-refractivity contribution in [3.8, 4) is 11.3 Å². The van der Waals surface area contributed by atoms with Crippen LogP contribution in [0.1, 0.15) is 11.3 Å². The lowest BCUT2D eigenvalue weighted by molar-refractivity contribution is 0.560. The average Bonchev–Trinajstić information content (AvgIpc) is 3.10. The highest BCUT2D eigenvalue weighted by atomic mass is 35.5. The van der Waals surface area contributed by atoms with Crippen molar-refractivity contribution in [1.82, 2.24) is 4.98 Å². The van der Waals surface area contributed by atoms with Crippen molar-refractivity contribution in [2.45, 2.75) is 6.92 Å². The Labute approximate surface area is 131 Å². The molecular weight excluding hydrogens is 306 g/mol. The molecule has 0 bridgehead atoms. The maximum absolute atomic E-state index is 6.24. The van der Waals surface area contributed by atoms with Gasteiger partial charge in [-0.2, -0.15) is 5.10 Å². The Kier molecular flexibility index (Phi) is 4.03. The van der Waals surface area contributed by atoms with Gasteiger partial charge in [-0.15, -0.1) is 0 Å². The van der Waals surface area contributed by atoms with Crippen LogP contribution in [0.4, 0.5) is 5.13 Å². The fourth-order valence-corrected chi connectivity index (χ4v) is 2.79. The molecule has 0 aliphatic carbocycles. The molecule has 0 atom stereocenters. The fourth-order valence-electron chi connectivity index (χ4n) is 1.75. The smallest absolute Gasteiger partial charge is 0.205 e. The van der Waals surface area contributed by atoms with Crippen LogP contribution in [0.15, 0.2) is 52.2 Å². The molecule has 0 spiro atoms. The molecule has 0 unspecified atom stereocenters. The highest BCUT2D eigenvalue weighted by Crippen LogP contribution is 2.35. The van der Waals surface area contributed by atoms with Crippen molar-refractivity contribution >= 4 is 34.3 Å².